The van der Waals surface area contributed by atoms with Crippen LogP contribution in [0.5, 0.6) is 0 Å². The van der Waals surface area contributed by atoms with E-state index in [-0.39, 0.29) is 6.04 Å². The zero-order valence-electron chi connectivity index (χ0n) is 11.3. The van der Waals surface area contributed by atoms with Crippen molar-refractivity contribution in [2.24, 2.45) is 0 Å². The molecule has 2 rings (SSSR count). The topological polar surface area (TPSA) is 12.0 Å². The average Bonchev–Trinajstić information content (AvgIpc) is 2.69. The van der Waals surface area contributed by atoms with E-state index in [4.69, 9.17) is 11.6 Å². The second-order valence-corrected chi connectivity index (χ2v) is 7.28. The van der Waals surface area contributed by atoms with Gasteiger partial charge in [-0.15, -0.1) is 11.3 Å². The van der Waals surface area contributed by atoms with Crippen molar-refractivity contribution in [2.75, 3.05) is 6.54 Å². The van der Waals surface area contributed by atoms with Gasteiger partial charge in [0.1, 0.15) is 0 Å². The second kappa shape index (κ2) is 6.40. The number of rotatable bonds is 4. The monoisotopic (exact) mass is 357 g/mol. The molecule has 0 saturated carbocycles. The van der Waals surface area contributed by atoms with Gasteiger partial charge in [-0.25, -0.2) is 0 Å². The minimum atomic E-state index is 0.183. The molecule has 0 spiro atoms. The first-order chi connectivity index (χ1) is 9.02. The standard InChI is InChI=1S/C15H17BrClNS/c1-4-18-15(12-7-9(2)19-10(12)3)13-8-11(17)5-6-14(13)16/h5-8,15,18H,4H2,1-3H3. The lowest BCUT2D eigenvalue weighted by Gasteiger charge is -2.20. The first-order valence-electron chi connectivity index (χ1n) is 6.28. The van der Waals surface area contributed by atoms with E-state index in [1.807, 2.05) is 29.5 Å². The third kappa shape index (κ3) is 3.40. The van der Waals surface area contributed by atoms with Crippen LogP contribution < -0.4 is 5.32 Å². The van der Waals surface area contributed by atoms with Crippen LogP contribution in [0, 0.1) is 13.8 Å². The van der Waals surface area contributed by atoms with Crippen LogP contribution in [0.4, 0.5) is 0 Å². The van der Waals surface area contributed by atoms with Crippen LogP contribution in [0.3, 0.4) is 0 Å². The third-order valence-electron chi connectivity index (χ3n) is 3.07. The Labute approximate surface area is 132 Å². The van der Waals surface area contributed by atoms with Crippen LogP contribution in [-0.4, -0.2) is 6.54 Å². The highest BCUT2D eigenvalue weighted by atomic mass is 79.9. The molecule has 0 radical (unpaired) electrons. The van der Waals surface area contributed by atoms with Gasteiger partial charge in [0.15, 0.2) is 0 Å². The molecule has 0 aliphatic heterocycles. The van der Waals surface area contributed by atoms with Crippen LogP contribution in [0.1, 0.15) is 33.8 Å². The minimum Gasteiger partial charge on any atom is -0.306 e. The van der Waals surface area contributed by atoms with Crippen LogP contribution in [0.15, 0.2) is 28.7 Å². The third-order valence-corrected chi connectivity index (χ3v) is 5.01. The number of nitrogens with one attached hydrogen (secondary N) is 1. The summed E-state index contributed by atoms with van der Waals surface area (Å²) < 4.78 is 1.09. The number of hydrogen-bond acceptors (Lipinski definition) is 2. The molecular formula is C15H17BrClNS. The van der Waals surface area contributed by atoms with E-state index < -0.39 is 0 Å². The number of halogens is 2. The summed E-state index contributed by atoms with van der Waals surface area (Å²) in [7, 11) is 0. The molecule has 0 saturated heterocycles. The Morgan fingerprint density at radius 2 is 2.00 bits per heavy atom. The predicted octanol–water partition coefficient (Wildman–Crippen LogP) is 5.48. The maximum atomic E-state index is 6.15. The van der Waals surface area contributed by atoms with Gasteiger partial charge in [0.2, 0.25) is 0 Å². The Morgan fingerprint density at radius 1 is 1.26 bits per heavy atom. The molecule has 1 aromatic carbocycles. The SMILES string of the molecule is CCNC(c1cc(Cl)ccc1Br)c1cc(C)sc1C. The van der Waals surface area contributed by atoms with Crippen LogP contribution in [0.25, 0.3) is 0 Å². The molecule has 1 N–H and O–H groups in total. The molecule has 0 amide bonds. The summed E-state index contributed by atoms with van der Waals surface area (Å²) in [6.45, 7) is 7.37. The molecule has 0 aliphatic rings. The van der Waals surface area contributed by atoms with E-state index >= 15 is 0 Å². The molecule has 1 atom stereocenters. The lowest BCUT2D eigenvalue weighted by molar-refractivity contribution is 0.628. The van der Waals surface area contributed by atoms with Crippen LogP contribution >= 0.6 is 38.9 Å². The van der Waals surface area contributed by atoms with E-state index in [0.29, 0.717) is 0 Å². The Balaban J connectivity index is 2.51. The summed E-state index contributed by atoms with van der Waals surface area (Å²) in [5, 5.41) is 4.32. The Morgan fingerprint density at radius 3 is 2.58 bits per heavy atom. The van der Waals surface area contributed by atoms with E-state index in [1.165, 1.54) is 20.9 Å². The maximum absolute atomic E-state index is 6.15. The van der Waals surface area contributed by atoms with Gasteiger partial charge in [0.05, 0.1) is 6.04 Å². The van der Waals surface area contributed by atoms with Gasteiger partial charge in [-0.3, -0.25) is 0 Å². The molecular weight excluding hydrogens is 342 g/mol. The highest BCUT2D eigenvalue weighted by molar-refractivity contribution is 9.10. The number of hydrogen-bond donors (Lipinski definition) is 1. The van der Waals surface area contributed by atoms with Gasteiger partial charge in [0.25, 0.3) is 0 Å². The van der Waals surface area contributed by atoms with Gasteiger partial charge in [0, 0.05) is 19.2 Å². The van der Waals surface area contributed by atoms with Crippen molar-refractivity contribution in [3.63, 3.8) is 0 Å². The summed E-state index contributed by atoms with van der Waals surface area (Å²) in [4.78, 5) is 2.70. The molecule has 19 heavy (non-hydrogen) atoms. The quantitative estimate of drug-likeness (QED) is 0.763. The van der Waals surface area contributed by atoms with Crippen molar-refractivity contribution in [1.29, 1.82) is 0 Å². The van der Waals surface area contributed by atoms with Crippen molar-refractivity contribution >= 4 is 38.9 Å². The fourth-order valence-corrected chi connectivity index (χ4v) is 3.88. The van der Waals surface area contributed by atoms with Crippen molar-refractivity contribution in [1.82, 2.24) is 5.32 Å². The second-order valence-electron chi connectivity index (χ2n) is 4.53. The molecule has 0 fully saturated rings. The summed E-state index contributed by atoms with van der Waals surface area (Å²) in [6, 6.07) is 8.40. The summed E-state index contributed by atoms with van der Waals surface area (Å²) in [6.07, 6.45) is 0. The molecule has 102 valence electrons. The van der Waals surface area contributed by atoms with Gasteiger partial charge in [-0.2, -0.15) is 0 Å². The molecule has 1 heterocycles. The molecule has 4 heteroatoms. The molecule has 1 aromatic heterocycles. The van der Waals surface area contributed by atoms with Crippen molar-refractivity contribution in [3.8, 4) is 0 Å². The van der Waals surface area contributed by atoms with Gasteiger partial charge in [-0.05, 0) is 55.8 Å². The number of thiophene rings is 1. The number of aryl methyl sites for hydroxylation is 2. The zero-order valence-corrected chi connectivity index (χ0v) is 14.4. The Hall–Kier alpha value is -0.350. The predicted molar refractivity (Wildman–Crippen MR) is 88.5 cm³/mol. The van der Waals surface area contributed by atoms with E-state index in [0.717, 1.165) is 16.0 Å². The van der Waals surface area contributed by atoms with Gasteiger partial charge in [-0.1, -0.05) is 34.5 Å². The number of benzene rings is 1. The van der Waals surface area contributed by atoms with Crippen molar-refractivity contribution in [3.05, 3.63) is 54.6 Å². The zero-order chi connectivity index (χ0) is 14.0. The largest absolute Gasteiger partial charge is 0.306 e. The fraction of sp³-hybridized carbons (Fsp3) is 0.333. The van der Waals surface area contributed by atoms with Gasteiger partial charge < -0.3 is 5.32 Å². The molecule has 1 nitrogen and oxygen atoms in total. The van der Waals surface area contributed by atoms with E-state index in [2.05, 4.69) is 48.1 Å². The van der Waals surface area contributed by atoms with E-state index in [1.54, 1.807) is 0 Å². The first kappa shape index (κ1) is 15.0. The first-order valence-corrected chi connectivity index (χ1v) is 8.27. The maximum Gasteiger partial charge on any atom is 0.0599 e. The van der Waals surface area contributed by atoms with Crippen molar-refractivity contribution in [2.45, 2.75) is 26.8 Å². The summed E-state index contributed by atoms with van der Waals surface area (Å²) >= 11 is 11.6. The smallest absolute Gasteiger partial charge is 0.0599 e. The molecule has 0 bridgehead atoms. The lowest BCUT2D eigenvalue weighted by Crippen LogP contribution is -2.22. The molecule has 0 aliphatic carbocycles. The van der Waals surface area contributed by atoms with Crippen molar-refractivity contribution < 1.29 is 0 Å². The highest BCUT2D eigenvalue weighted by Crippen LogP contribution is 2.35. The minimum absolute atomic E-state index is 0.183. The fourth-order valence-electron chi connectivity index (χ4n) is 2.26. The molecule has 2 aromatic rings. The van der Waals surface area contributed by atoms with Crippen LogP contribution in [-0.2, 0) is 0 Å². The Bertz CT molecular complexity index is 580. The average molecular weight is 359 g/mol. The molecule has 1 unspecified atom stereocenters. The summed E-state index contributed by atoms with van der Waals surface area (Å²) in [5.74, 6) is 0. The lowest BCUT2D eigenvalue weighted by atomic mass is 9.99. The van der Waals surface area contributed by atoms with Gasteiger partial charge >= 0.3 is 0 Å². The highest BCUT2D eigenvalue weighted by Gasteiger charge is 2.19. The summed E-state index contributed by atoms with van der Waals surface area (Å²) in [5.41, 5.74) is 2.53. The normalized spacial score (nSPS) is 12.7. The van der Waals surface area contributed by atoms with Crippen LogP contribution in [0.2, 0.25) is 5.02 Å². The van der Waals surface area contributed by atoms with E-state index in [9.17, 15) is 0 Å². The Kier molecular flexibility index (Phi) is 5.07.